The summed E-state index contributed by atoms with van der Waals surface area (Å²) in [4.78, 5) is 159. The number of aliphatic hydroxyl groups is 2. The van der Waals surface area contributed by atoms with Crippen molar-refractivity contribution in [3.05, 3.63) is 12.2 Å². The maximum atomic E-state index is 14.9. The molecular weight excluding hydrogens is 1130 g/mol. The Morgan fingerprint density at radius 1 is 0.443 bits per heavy atom. The molecule has 0 aliphatic rings. The van der Waals surface area contributed by atoms with Crippen LogP contribution in [0.2, 0.25) is 0 Å². The minimum absolute atomic E-state index is 0.0118. The van der Waals surface area contributed by atoms with E-state index in [9.17, 15) is 68.1 Å². The zero-order valence-corrected chi connectivity index (χ0v) is 57.3. The SMILES string of the molecule is CC=CC[C@@H](C)[C@@H](O)[C@@H](C(=O)N[C@H](C(=O)N(C)CC(=O)O)[C@@H](C)O)N(C)C(=O)[C@H](C(C)C)N(C)C(=O)[C@H](CC(C)C)NC(=O)[C@H](CC(C)C)N(C)C(=O)[C@@H](C)NC(=O)[C@H](C)NC(=O)[C@H](CC(C)C)N(C)C(=O)[C@H](CC(C)C)NC(=O)[C@H](CC(C)C)NCC. The third-order valence-corrected chi connectivity index (χ3v) is 15.4. The van der Waals surface area contributed by atoms with Crippen LogP contribution >= 0.6 is 0 Å². The minimum Gasteiger partial charge on any atom is -0.480 e. The molecule has 0 saturated heterocycles. The number of carboxylic acid groups (broad SMARTS) is 1. The highest BCUT2D eigenvalue weighted by atomic mass is 16.4. The van der Waals surface area contributed by atoms with Gasteiger partial charge >= 0.3 is 5.97 Å². The first kappa shape index (κ1) is 81.8. The van der Waals surface area contributed by atoms with Gasteiger partial charge in [-0.3, -0.25) is 52.7 Å². The average Bonchev–Trinajstić information content (AvgIpc) is 2.36. The second kappa shape index (κ2) is 39.0. The van der Waals surface area contributed by atoms with Crippen LogP contribution in [0.3, 0.4) is 0 Å². The number of amides is 10. The molecule has 0 aliphatic carbocycles. The Morgan fingerprint density at radius 2 is 0.852 bits per heavy atom. The third-order valence-electron chi connectivity index (χ3n) is 15.4. The summed E-state index contributed by atoms with van der Waals surface area (Å²) in [7, 11) is 6.70. The van der Waals surface area contributed by atoms with Gasteiger partial charge in [0.1, 0.15) is 60.9 Å². The molecule has 13 atom stereocenters. The molecule has 0 rings (SSSR count). The van der Waals surface area contributed by atoms with Crippen molar-refractivity contribution in [3.63, 3.8) is 0 Å². The first-order valence-electron chi connectivity index (χ1n) is 31.4. The summed E-state index contributed by atoms with van der Waals surface area (Å²) in [6, 6.07) is -12.1. The number of rotatable bonds is 39. The molecular formula is C63H115N11O14. The smallest absolute Gasteiger partial charge is 0.323 e. The summed E-state index contributed by atoms with van der Waals surface area (Å²) in [6.45, 7) is 31.5. The second-order valence-electron chi connectivity index (χ2n) is 26.4. The second-order valence-corrected chi connectivity index (χ2v) is 26.4. The molecule has 25 nitrogen and oxygen atoms in total. The van der Waals surface area contributed by atoms with Crippen LogP contribution < -0.4 is 31.9 Å². The van der Waals surface area contributed by atoms with Gasteiger partial charge in [-0.05, 0) is 114 Å². The van der Waals surface area contributed by atoms with Crippen LogP contribution in [-0.2, 0) is 52.7 Å². The first-order valence-corrected chi connectivity index (χ1v) is 31.4. The quantitative estimate of drug-likeness (QED) is 0.0400. The summed E-state index contributed by atoms with van der Waals surface area (Å²) >= 11 is 0. The van der Waals surface area contributed by atoms with Crippen molar-refractivity contribution >= 4 is 65.0 Å². The van der Waals surface area contributed by atoms with Crippen molar-refractivity contribution in [2.24, 2.45) is 41.4 Å². The summed E-state index contributed by atoms with van der Waals surface area (Å²) in [5, 5.41) is 48.6. The summed E-state index contributed by atoms with van der Waals surface area (Å²) < 4.78 is 0. The van der Waals surface area contributed by atoms with Crippen molar-refractivity contribution < 1.29 is 68.1 Å². The largest absolute Gasteiger partial charge is 0.480 e. The number of hydrogen-bond acceptors (Lipinski definition) is 14. The molecule has 0 aromatic carbocycles. The molecule has 0 heterocycles. The Labute approximate surface area is 525 Å². The van der Waals surface area contributed by atoms with Crippen molar-refractivity contribution in [2.45, 2.75) is 236 Å². The maximum Gasteiger partial charge on any atom is 0.323 e. The number of hydrogen-bond donors (Lipinski definition) is 9. The standard InChI is InChI=1S/C63H115N11O14/c1-24-26-27-40(15)53(78)52(58(83)69-50(43(18)75)62(87)70(19)33-49(76)77)74(23)63(88)51(39(13)14)73(22)61(86)46(30-36(7)8)68-57(82)48(32-38(11)12)71(20)59(84)42(17)66-54(79)41(16)65-56(81)47(31-37(9)10)72(21)60(85)45(29-35(5)6)67-55(80)44(64-25-2)28-34(3)4/h24,26,34-48,50-53,64,75,78H,25,27-33H2,1-23H3,(H,65,81)(H,66,79)(H,67,80)(H,68,82)(H,69,83)(H,76,77)/t40-,41+,42-,43-,44+,45+,46+,47+,48+,50+,51+,52+,53-/m1/s1. The molecule has 10 amide bonds. The number of aliphatic hydroxyl groups excluding tert-OH is 2. The third kappa shape index (κ3) is 26.5. The monoisotopic (exact) mass is 1250 g/mol. The van der Waals surface area contributed by atoms with Gasteiger partial charge in [-0.1, -0.05) is 109 Å². The molecule has 0 aliphatic heterocycles. The van der Waals surface area contributed by atoms with Gasteiger partial charge in [0.25, 0.3) is 0 Å². The summed E-state index contributed by atoms with van der Waals surface area (Å²) in [5.41, 5.74) is 0. The number of carbonyl (C=O) groups excluding carboxylic acids is 10. The molecule has 9 N–H and O–H groups in total. The van der Waals surface area contributed by atoms with E-state index in [0.29, 0.717) is 19.4 Å². The fourth-order valence-electron chi connectivity index (χ4n) is 10.5. The van der Waals surface area contributed by atoms with E-state index >= 15 is 0 Å². The Balaban J connectivity index is 6.91. The normalized spacial score (nSPS) is 16.3. The van der Waals surface area contributed by atoms with Crippen LogP contribution in [0.15, 0.2) is 12.2 Å². The molecule has 506 valence electrons. The average molecular weight is 1250 g/mol. The molecule has 0 saturated carbocycles. The van der Waals surface area contributed by atoms with Crippen LogP contribution in [0.1, 0.15) is 163 Å². The number of aliphatic carboxylic acids is 1. The first-order chi connectivity index (χ1) is 40.6. The number of nitrogens with one attached hydrogen (secondary N) is 6. The van der Waals surface area contributed by atoms with Gasteiger partial charge in [0.2, 0.25) is 59.1 Å². The Bertz CT molecular complexity index is 2330. The molecule has 25 heteroatoms. The number of carboxylic acids is 1. The molecule has 0 aromatic rings. The Morgan fingerprint density at radius 3 is 1.27 bits per heavy atom. The predicted molar refractivity (Wildman–Crippen MR) is 338 cm³/mol. The highest BCUT2D eigenvalue weighted by Crippen LogP contribution is 2.24. The van der Waals surface area contributed by atoms with Crippen LogP contribution in [0.25, 0.3) is 0 Å². The van der Waals surface area contributed by atoms with Crippen molar-refractivity contribution in [1.82, 2.24) is 56.4 Å². The van der Waals surface area contributed by atoms with Crippen molar-refractivity contribution in [2.75, 3.05) is 48.3 Å². The van der Waals surface area contributed by atoms with Gasteiger partial charge < -0.3 is 71.7 Å². The lowest BCUT2D eigenvalue weighted by atomic mass is 9.91. The van der Waals surface area contributed by atoms with Gasteiger partial charge in [0.15, 0.2) is 0 Å². The Hall–Kier alpha value is -6.21. The van der Waals surface area contributed by atoms with Gasteiger partial charge in [-0.15, -0.1) is 0 Å². The number of nitrogens with zero attached hydrogens (tertiary/aromatic N) is 5. The van der Waals surface area contributed by atoms with E-state index in [1.807, 2.05) is 76.2 Å². The van der Waals surface area contributed by atoms with E-state index in [0.717, 1.165) is 14.7 Å². The van der Waals surface area contributed by atoms with Gasteiger partial charge in [0, 0.05) is 35.2 Å². The number of carbonyl (C=O) groups is 11. The van der Waals surface area contributed by atoms with Crippen LogP contribution in [0.4, 0.5) is 0 Å². The molecule has 0 spiro atoms. The van der Waals surface area contributed by atoms with Crippen LogP contribution in [0.5, 0.6) is 0 Å². The number of likely N-dealkylation sites (N-methyl/N-ethyl adjacent to an activating group) is 6. The molecule has 88 heavy (non-hydrogen) atoms. The van der Waals surface area contributed by atoms with Gasteiger partial charge in [0.05, 0.1) is 18.2 Å². The molecule has 0 radical (unpaired) electrons. The van der Waals surface area contributed by atoms with E-state index in [4.69, 9.17) is 0 Å². The fourth-order valence-corrected chi connectivity index (χ4v) is 10.5. The van der Waals surface area contributed by atoms with Crippen LogP contribution in [0, 0.1) is 41.4 Å². The van der Waals surface area contributed by atoms with Crippen LogP contribution in [-0.4, -0.2) is 226 Å². The lowest BCUT2D eigenvalue weighted by Gasteiger charge is -2.40. The van der Waals surface area contributed by atoms with E-state index in [1.54, 1.807) is 39.8 Å². The minimum atomic E-state index is -1.71. The zero-order chi connectivity index (χ0) is 68.5. The zero-order valence-electron chi connectivity index (χ0n) is 57.3. The fraction of sp³-hybridized carbons (Fsp3) is 0.794. The lowest BCUT2D eigenvalue weighted by Crippen LogP contribution is -2.64. The predicted octanol–water partition coefficient (Wildman–Crippen LogP) is 2.51. The van der Waals surface area contributed by atoms with E-state index in [-0.39, 0.29) is 61.2 Å². The van der Waals surface area contributed by atoms with Crippen molar-refractivity contribution in [3.8, 4) is 0 Å². The highest BCUT2D eigenvalue weighted by Gasteiger charge is 2.45. The molecule has 0 unspecified atom stereocenters. The topological polar surface area (TPSA) is 337 Å². The Kier molecular flexibility index (Phi) is 36.3. The van der Waals surface area contributed by atoms with E-state index in [2.05, 4.69) is 31.9 Å². The molecule has 0 aromatic heterocycles. The van der Waals surface area contributed by atoms with E-state index in [1.165, 1.54) is 65.8 Å². The molecule has 0 bridgehead atoms. The summed E-state index contributed by atoms with van der Waals surface area (Å²) in [6.07, 6.45) is 1.94. The van der Waals surface area contributed by atoms with E-state index < -0.39 is 150 Å². The molecule has 0 fully saturated rings. The lowest BCUT2D eigenvalue weighted by molar-refractivity contribution is -0.155. The van der Waals surface area contributed by atoms with Crippen molar-refractivity contribution in [1.29, 1.82) is 0 Å². The maximum absolute atomic E-state index is 14.9. The number of allylic oxidation sites excluding steroid dienone is 2. The van der Waals surface area contributed by atoms with Gasteiger partial charge in [-0.25, -0.2) is 0 Å². The van der Waals surface area contributed by atoms with Gasteiger partial charge in [-0.2, -0.15) is 0 Å². The summed E-state index contributed by atoms with van der Waals surface area (Å²) in [5.74, 6) is -9.87. The highest BCUT2D eigenvalue weighted by molar-refractivity contribution is 5.99.